The Balaban J connectivity index is 0.000000771. The topological polar surface area (TPSA) is 35.6 Å². The van der Waals surface area contributed by atoms with Crippen molar-refractivity contribution in [2.24, 2.45) is 5.92 Å². The highest BCUT2D eigenvalue weighted by molar-refractivity contribution is 5.79. The number of piperazine rings is 1. The Hall–Kier alpha value is -0.610. The van der Waals surface area contributed by atoms with E-state index >= 15 is 0 Å². The van der Waals surface area contributed by atoms with E-state index in [4.69, 9.17) is 0 Å². The second-order valence-corrected chi connectivity index (χ2v) is 4.78. The van der Waals surface area contributed by atoms with Gasteiger partial charge in [-0.05, 0) is 32.5 Å². The van der Waals surface area contributed by atoms with E-state index in [0.717, 1.165) is 58.7 Å². The highest BCUT2D eigenvalue weighted by Crippen LogP contribution is 2.16. The van der Waals surface area contributed by atoms with Gasteiger partial charge in [0.1, 0.15) is 0 Å². The molecule has 0 bridgehead atoms. The molecule has 2 saturated heterocycles. The fourth-order valence-corrected chi connectivity index (χ4v) is 2.61. The van der Waals surface area contributed by atoms with Crippen LogP contribution in [0.4, 0.5) is 0 Å². The third-order valence-electron chi connectivity index (χ3n) is 3.82. The Labute approximate surface area is 112 Å². The highest BCUT2D eigenvalue weighted by Gasteiger charge is 2.27. The molecule has 2 heterocycles. The molecule has 2 aliphatic rings. The van der Waals surface area contributed by atoms with Crippen molar-refractivity contribution in [2.45, 2.75) is 33.6 Å². The summed E-state index contributed by atoms with van der Waals surface area (Å²) in [6, 6.07) is 0. The van der Waals surface area contributed by atoms with E-state index in [1.807, 2.05) is 13.8 Å². The van der Waals surface area contributed by atoms with Gasteiger partial charge >= 0.3 is 0 Å². The monoisotopic (exact) mass is 255 g/mol. The molecule has 0 spiro atoms. The molecule has 0 aromatic rings. The van der Waals surface area contributed by atoms with E-state index in [0.29, 0.717) is 5.91 Å². The van der Waals surface area contributed by atoms with Gasteiger partial charge in [0.25, 0.3) is 0 Å². The maximum Gasteiger partial charge on any atom is 0.225 e. The molecule has 0 unspecified atom stereocenters. The molecule has 1 amide bonds. The number of piperidine rings is 1. The molecular formula is C14H29N3O. The summed E-state index contributed by atoms with van der Waals surface area (Å²) in [5.41, 5.74) is 0. The first kappa shape index (κ1) is 15.4. The van der Waals surface area contributed by atoms with Gasteiger partial charge in [-0.3, -0.25) is 4.79 Å². The lowest BCUT2D eigenvalue weighted by molar-refractivity contribution is -0.138. The SMILES string of the molecule is CC.CCN1CCN(C(=O)C2CCNCC2)CC1. The third-order valence-corrected chi connectivity index (χ3v) is 3.82. The quantitative estimate of drug-likeness (QED) is 0.805. The number of carbonyl (C=O) groups is 1. The fraction of sp³-hybridized carbons (Fsp3) is 0.929. The van der Waals surface area contributed by atoms with Crippen molar-refractivity contribution in [3.05, 3.63) is 0 Å². The lowest BCUT2D eigenvalue weighted by Gasteiger charge is -2.36. The predicted octanol–water partition coefficient (Wildman–Crippen LogP) is 1.18. The number of rotatable bonds is 2. The maximum atomic E-state index is 12.2. The molecule has 4 heteroatoms. The minimum absolute atomic E-state index is 0.287. The molecule has 1 N–H and O–H groups in total. The number of hydrogen-bond donors (Lipinski definition) is 1. The van der Waals surface area contributed by atoms with E-state index in [-0.39, 0.29) is 5.92 Å². The van der Waals surface area contributed by atoms with Crippen molar-refractivity contribution >= 4 is 5.91 Å². The molecule has 0 saturated carbocycles. The maximum absolute atomic E-state index is 12.2. The van der Waals surface area contributed by atoms with Crippen LogP contribution < -0.4 is 5.32 Å². The smallest absolute Gasteiger partial charge is 0.225 e. The van der Waals surface area contributed by atoms with Crippen LogP contribution in [0.25, 0.3) is 0 Å². The molecule has 0 atom stereocenters. The Morgan fingerprint density at radius 1 is 1.11 bits per heavy atom. The van der Waals surface area contributed by atoms with Crippen LogP contribution in [0.15, 0.2) is 0 Å². The molecule has 0 aromatic heterocycles. The standard InChI is InChI=1S/C12H23N3O.C2H6/c1-2-14-7-9-15(10-8-14)12(16)11-3-5-13-6-4-11;1-2/h11,13H,2-10H2,1H3;1-2H3. The molecule has 18 heavy (non-hydrogen) atoms. The summed E-state index contributed by atoms with van der Waals surface area (Å²) in [5, 5.41) is 3.31. The van der Waals surface area contributed by atoms with Crippen LogP contribution in [0.3, 0.4) is 0 Å². The Morgan fingerprint density at radius 2 is 1.67 bits per heavy atom. The minimum Gasteiger partial charge on any atom is -0.340 e. The predicted molar refractivity (Wildman–Crippen MR) is 75.6 cm³/mol. The van der Waals surface area contributed by atoms with Crippen LogP contribution >= 0.6 is 0 Å². The zero-order valence-corrected chi connectivity index (χ0v) is 12.2. The summed E-state index contributed by atoms with van der Waals surface area (Å²) < 4.78 is 0. The van der Waals surface area contributed by atoms with Crippen molar-refractivity contribution in [1.82, 2.24) is 15.1 Å². The van der Waals surface area contributed by atoms with Crippen molar-refractivity contribution in [3.63, 3.8) is 0 Å². The molecular weight excluding hydrogens is 226 g/mol. The van der Waals surface area contributed by atoms with Gasteiger partial charge in [-0.1, -0.05) is 20.8 Å². The molecule has 2 aliphatic heterocycles. The summed E-state index contributed by atoms with van der Waals surface area (Å²) in [7, 11) is 0. The molecule has 2 fully saturated rings. The van der Waals surface area contributed by atoms with Gasteiger partial charge in [-0.25, -0.2) is 0 Å². The summed E-state index contributed by atoms with van der Waals surface area (Å²) in [4.78, 5) is 16.7. The molecule has 0 aliphatic carbocycles. The summed E-state index contributed by atoms with van der Waals surface area (Å²) >= 11 is 0. The lowest BCUT2D eigenvalue weighted by atomic mass is 9.96. The Bertz CT molecular complexity index is 231. The van der Waals surface area contributed by atoms with Crippen molar-refractivity contribution in [1.29, 1.82) is 0 Å². The minimum atomic E-state index is 0.287. The van der Waals surface area contributed by atoms with E-state index in [1.165, 1.54) is 0 Å². The average Bonchev–Trinajstić information content (AvgIpc) is 2.49. The van der Waals surface area contributed by atoms with Crippen LogP contribution in [0.1, 0.15) is 33.6 Å². The molecule has 4 nitrogen and oxygen atoms in total. The van der Waals surface area contributed by atoms with Crippen molar-refractivity contribution in [2.75, 3.05) is 45.8 Å². The molecule has 0 aromatic carbocycles. The van der Waals surface area contributed by atoms with Crippen molar-refractivity contribution in [3.8, 4) is 0 Å². The Morgan fingerprint density at radius 3 is 2.17 bits per heavy atom. The average molecular weight is 255 g/mol. The van der Waals surface area contributed by atoms with Crippen LogP contribution in [-0.2, 0) is 4.79 Å². The first-order chi connectivity index (χ1) is 8.81. The number of amides is 1. The van der Waals surface area contributed by atoms with E-state index < -0.39 is 0 Å². The second kappa shape index (κ2) is 8.48. The Kier molecular flexibility index (Phi) is 7.28. The molecule has 2 rings (SSSR count). The van der Waals surface area contributed by atoms with Gasteiger partial charge in [-0.2, -0.15) is 0 Å². The van der Waals surface area contributed by atoms with Crippen LogP contribution in [-0.4, -0.2) is 61.5 Å². The van der Waals surface area contributed by atoms with Gasteiger partial charge in [0.05, 0.1) is 0 Å². The third kappa shape index (κ3) is 4.25. The number of carbonyl (C=O) groups excluding carboxylic acids is 1. The summed E-state index contributed by atoms with van der Waals surface area (Å²) in [6.45, 7) is 13.3. The van der Waals surface area contributed by atoms with Gasteiger partial charge in [-0.15, -0.1) is 0 Å². The second-order valence-electron chi connectivity index (χ2n) is 4.78. The van der Waals surface area contributed by atoms with Gasteiger partial charge < -0.3 is 15.1 Å². The van der Waals surface area contributed by atoms with E-state index in [2.05, 4.69) is 22.0 Å². The molecule has 0 radical (unpaired) electrons. The van der Waals surface area contributed by atoms with Crippen molar-refractivity contribution < 1.29 is 4.79 Å². The van der Waals surface area contributed by atoms with Gasteiger partial charge in [0, 0.05) is 32.1 Å². The first-order valence-corrected chi connectivity index (χ1v) is 7.53. The normalized spacial score (nSPS) is 22.3. The zero-order chi connectivity index (χ0) is 13.4. The largest absolute Gasteiger partial charge is 0.340 e. The van der Waals surface area contributed by atoms with E-state index in [1.54, 1.807) is 0 Å². The number of likely N-dealkylation sites (N-methyl/N-ethyl adjacent to an activating group) is 1. The zero-order valence-electron chi connectivity index (χ0n) is 12.2. The highest BCUT2D eigenvalue weighted by atomic mass is 16.2. The summed E-state index contributed by atoms with van der Waals surface area (Å²) in [5.74, 6) is 0.687. The number of nitrogens with one attached hydrogen (secondary N) is 1. The fourth-order valence-electron chi connectivity index (χ4n) is 2.61. The van der Waals surface area contributed by atoms with Crippen LogP contribution in [0.2, 0.25) is 0 Å². The van der Waals surface area contributed by atoms with Gasteiger partial charge in [0.15, 0.2) is 0 Å². The van der Waals surface area contributed by atoms with E-state index in [9.17, 15) is 4.79 Å². The summed E-state index contributed by atoms with van der Waals surface area (Å²) in [6.07, 6.45) is 2.04. The van der Waals surface area contributed by atoms with Crippen LogP contribution in [0, 0.1) is 5.92 Å². The lowest BCUT2D eigenvalue weighted by Crippen LogP contribution is -2.51. The van der Waals surface area contributed by atoms with Gasteiger partial charge in [0.2, 0.25) is 5.91 Å². The van der Waals surface area contributed by atoms with Crippen LogP contribution in [0.5, 0.6) is 0 Å². The number of hydrogen-bond acceptors (Lipinski definition) is 3. The molecule has 106 valence electrons. The number of nitrogens with zero attached hydrogens (tertiary/aromatic N) is 2. The first-order valence-electron chi connectivity index (χ1n) is 7.53.